The summed E-state index contributed by atoms with van der Waals surface area (Å²) in [7, 11) is -4.10. The van der Waals surface area contributed by atoms with Crippen LogP contribution < -0.4 is 0 Å². The van der Waals surface area contributed by atoms with Gasteiger partial charge in [0, 0.05) is 6.42 Å². The third-order valence-electron chi connectivity index (χ3n) is 2.47. The van der Waals surface area contributed by atoms with Crippen LogP contribution in [-0.2, 0) is 21.3 Å². The number of ether oxygens (including phenoxy) is 1. The molecule has 15 heavy (non-hydrogen) atoms. The molecule has 82 valence electrons. The Balaban J connectivity index is 2.35. The molecule has 2 rings (SSSR count). The van der Waals surface area contributed by atoms with Gasteiger partial charge in [0.05, 0.1) is 17.6 Å². The van der Waals surface area contributed by atoms with E-state index in [1.807, 2.05) is 6.92 Å². The fraction of sp³-hybridized carbons (Fsp3) is 0.400. The molecule has 0 unspecified atom stereocenters. The quantitative estimate of drug-likeness (QED) is 0.623. The number of hydrogen-bond acceptors (Lipinski definition) is 3. The lowest BCUT2D eigenvalue weighted by atomic mass is 10.0. The maximum atomic E-state index is 10.9. The van der Waals surface area contributed by atoms with Crippen molar-refractivity contribution in [3.8, 4) is 0 Å². The predicted molar refractivity (Wildman–Crippen MR) is 54.4 cm³/mol. The van der Waals surface area contributed by atoms with E-state index < -0.39 is 10.1 Å². The second-order valence-electron chi connectivity index (χ2n) is 3.72. The molecule has 4 nitrogen and oxygen atoms in total. The van der Waals surface area contributed by atoms with E-state index in [-0.39, 0.29) is 11.0 Å². The zero-order chi connectivity index (χ0) is 11.1. The zero-order valence-corrected chi connectivity index (χ0v) is 9.12. The van der Waals surface area contributed by atoms with E-state index in [9.17, 15) is 8.42 Å². The van der Waals surface area contributed by atoms with Crippen LogP contribution in [0.2, 0.25) is 0 Å². The highest BCUT2D eigenvalue weighted by Crippen LogP contribution is 2.21. The van der Waals surface area contributed by atoms with Gasteiger partial charge in [0.15, 0.2) is 0 Å². The summed E-state index contributed by atoms with van der Waals surface area (Å²) >= 11 is 0. The summed E-state index contributed by atoms with van der Waals surface area (Å²) in [5.74, 6) is 0. The maximum absolute atomic E-state index is 10.9. The SMILES string of the molecule is Cc1ccc(S(=O)(=O)O)cc1C[C@H]1CO1. The Kier molecular flexibility index (Phi) is 2.54. The minimum Gasteiger partial charge on any atom is -0.373 e. The molecule has 1 aromatic carbocycles. The van der Waals surface area contributed by atoms with Gasteiger partial charge in [0.2, 0.25) is 0 Å². The van der Waals surface area contributed by atoms with Crippen LogP contribution in [0.4, 0.5) is 0 Å². The van der Waals surface area contributed by atoms with Crippen molar-refractivity contribution in [1.82, 2.24) is 0 Å². The smallest absolute Gasteiger partial charge is 0.294 e. The first-order valence-corrected chi connectivity index (χ1v) is 6.09. The van der Waals surface area contributed by atoms with Crippen molar-refractivity contribution in [3.63, 3.8) is 0 Å². The highest BCUT2D eigenvalue weighted by molar-refractivity contribution is 7.85. The van der Waals surface area contributed by atoms with Gasteiger partial charge in [-0.1, -0.05) is 6.07 Å². The highest BCUT2D eigenvalue weighted by atomic mass is 32.2. The minimum absolute atomic E-state index is 0.0521. The third kappa shape index (κ3) is 2.56. The fourth-order valence-electron chi connectivity index (χ4n) is 1.46. The fourth-order valence-corrected chi connectivity index (χ4v) is 1.99. The molecule has 1 N–H and O–H groups in total. The average molecular weight is 228 g/mol. The molecule has 0 saturated carbocycles. The molecule has 1 aliphatic heterocycles. The van der Waals surface area contributed by atoms with Crippen molar-refractivity contribution in [2.45, 2.75) is 24.3 Å². The van der Waals surface area contributed by atoms with Crippen molar-refractivity contribution in [2.75, 3.05) is 6.61 Å². The minimum atomic E-state index is -4.10. The summed E-state index contributed by atoms with van der Waals surface area (Å²) in [6, 6.07) is 4.61. The standard InChI is InChI=1S/C10H12O4S/c1-7-2-3-10(15(11,12)13)5-8(7)4-9-6-14-9/h2-3,5,9H,4,6H2,1H3,(H,11,12,13)/t9-/m0/s1. The Bertz CT molecular complexity index is 474. The summed E-state index contributed by atoms with van der Waals surface area (Å²) in [4.78, 5) is -0.0521. The molecule has 1 heterocycles. The second kappa shape index (κ2) is 3.59. The van der Waals surface area contributed by atoms with Crippen LogP contribution in [0, 0.1) is 6.92 Å². The topological polar surface area (TPSA) is 66.9 Å². The Hall–Kier alpha value is -0.910. The van der Waals surface area contributed by atoms with Gasteiger partial charge in [0.1, 0.15) is 0 Å². The molecule has 0 bridgehead atoms. The van der Waals surface area contributed by atoms with Gasteiger partial charge in [-0.25, -0.2) is 0 Å². The zero-order valence-electron chi connectivity index (χ0n) is 8.30. The molecule has 5 heteroatoms. The molecule has 0 aliphatic carbocycles. The molecule has 1 saturated heterocycles. The highest BCUT2D eigenvalue weighted by Gasteiger charge is 2.24. The first-order chi connectivity index (χ1) is 6.97. The molecule has 0 radical (unpaired) electrons. The Labute approximate surface area is 88.6 Å². The number of aryl methyl sites for hydroxylation is 1. The van der Waals surface area contributed by atoms with Crippen LogP contribution in [0.25, 0.3) is 0 Å². The molecule has 0 spiro atoms. The molecule has 0 amide bonds. The molecule has 1 aromatic rings. The number of hydrogen-bond donors (Lipinski definition) is 1. The molecule has 1 aliphatic rings. The largest absolute Gasteiger partial charge is 0.373 e. The van der Waals surface area contributed by atoms with Crippen LogP contribution in [0.1, 0.15) is 11.1 Å². The third-order valence-corrected chi connectivity index (χ3v) is 3.32. The van der Waals surface area contributed by atoms with Gasteiger partial charge < -0.3 is 4.74 Å². The first kappa shape index (κ1) is 10.6. The van der Waals surface area contributed by atoms with Crippen molar-refractivity contribution in [1.29, 1.82) is 0 Å². The van der Waals surface area contributed by atoms with Crippen LogP contribution in [-0.4, -0.2) is 25.7 Å². The normalized spacial score (nSPS) is 20.3. The summed E-state index contributed by atoms with van der Waals surface area (Å²) in [5, 5.41) is 0. The van der Waals surface area contributed by atoms with Crippen LogP contribution in [0.15, 0.2) is 23.1 Å². The van der Waals surface area contributed by atoms with E-state index >= 15 is 0 Å². The Morgan fingerprint density at radius 2 is 2.20 bits per heavy atom. The Morgan fingerprint density at radius 1 is 1.53 bits per heavy atom. The van der Waals surface area contributed by atoms with Gasteiger partial charge in [0.25, 0.3) is 10.1 Å². The lowest BCUT2D eigenvalue weighted by Crippen LogP contribution is -2.02. The summed E-state index contributed by atoms with van der Waals surface area (Å²) in [6.07, 6.45) is 0.912. The second-order valence-corrected chi connectivity index (χ2v) is 5.14. The number of benzene rings is 1. The predicted octanol–water partition coefficient (Wildman–Crippen LogP) is 1.18. The first-order valence-electron chi connectivity index (χ1n) is 4.65. The van der Waals surface area contributed by atoms with Gasteiger partial charge in [-0.05, 0) is 30.2 Å². The van der Waals surface area contributed by atoms with Crippen LogP contribution in [0.3, 0.4) is 0 Å². The van der Waals surface area contributed by atoms with E-state index in [0.29, 0.717) is 6.42 Å². The summed E-state index contributed by atoms with van der Waals surface area (Å²) in [6.45, 7) is 2.64. The maximum Gasteiger partial charge on any atom is 0.294 e. The molecular weight excluding hydrogens is 216 g/mol. The van der Waals surface area contributed by atoms with E-state index in [1.54, 1.807) is 6.07 Å². The Morgan fingerprint density at radius 3 is 2.73 bits per heavy atom. The van der Waals surface area contributed by atoms with Crippen LogP contribution in [0.5, 0.6) is 0 Å². The van der Waals surface area contributed by atoms with E-state index in [0.717, 1.165) is 17.7 Å². The monoisotopic (exact) mass is 228 g/mol. The molecular formula is C10H12O4S. The molecule has 1 fully saturated rings. The van der Waals surface area contributed by atoms with E-state index in [2.05, 4.69) is 0 Å². The summed E-state index contributed by atoms with van der Waals surface area (Å²) < 4.78 is 35.8. The van der Waals surface area contributed by atoms with Crippen molar-refractivity contribution < 1.29 is 17.7 Å². The summed E-state index contributed by atoms with van der Waals surface area (Å²) in [5.41, 5.74) is 1.92. The molecule has 0 aromatic heterocycles. The molecule has 1 atom stereocenters. The van der Waals surface area contributed by atoms with Gasteiger partial charge >= 0.3 is 0 Å². The van der Waals surface area contributed by atoms with Gasteiger partial charge in [-0.2, -0.15) is 8.42 Å². The number of rotatable bonds is 3. The van der Waals surface area contributed by atoms with Crippen molar-refractivity contribution in [2.24, 2.45) is 0 Å². The van der Waals surface area contributed by atoms with Gasteiger partial charge in [-0.3, -0.25) is 4.55 Å². The lowest BCUT2D eigenvalue weighted by molar-refractivity contribution is 0.407. The lowest BCUT2D eigenvalue weighted by Gasteiger charge is -2.05. The van der Waals surface area contributed by atoms with Crippen molar-refractivity contribution in [3.05, 3.63) is 29.3 Å². The average Bonchev–Trinajstić information content (AvgIpc) is 2.90. The van der Waals surface area contributed by atoms with E-state index in [1.165, 1.54) is 12.1 Å². The van der Waals surface area contributed by atoms with E-state index in [4.69, 9.17) is 9.29 Å². The van der Waals surface area contributed by atoms with Gasteiger partial charge in [-0.15, -0.1) is 0 Å². The number of epoxide rings is 1. The van der Waals surface area contributed by atoms with Crippen LogP contribution >= 0.6 is 0 Å². The van der Waals surface area contributed by atoms with Crippen molar-refractivity contribution >= 4 is 10.1 Å².